The minimum absolute atomic E-state index is 0.142. The van der Waals surface area contributed by atoms with Gasteiger partial charge in [-0.1, -0.05) is 55.0 Å². The Labute approximate surface area is 170 Å². The fraction of sp³-hybridized carbons (Fsp3) is 0.208. The van der Waals surface area contributed by atoms with Crippen LogP contribution in [0.25, 0.3) is 11.0 Å². The first kappa shape index (κ1) is 18.9. The molecule has 0 radical (unpaired) electrons. The fourth-order valence-corrected chi connectivity index (χ4v) is 3.48. The van der Waals surface area contributed by atoms with Gasteiger partial charge in [-0.25, -0.2) is 9.67 Å². The number of carbonyl (C=O) groups is 1. The maximum Gasteiger partial charge on any atom is 0.256 e. The summed E-state index contributed by atoms with van der Waals surface area (Å²) in [6, 6.07) is 18.1. The lowest BCUT2D eigenvalue weighted by atomic mass is 10.1. The maximum absolute atomic E-state index is 13.1. The number of hydrogen-bond donors (Lipinski definition) is 1. The van der Waals surface area contributed by atoms with Crippen LogP contribution in [-0.4, -0.2) is 20.7 Å². The zero-order valence-corrected chi connectivity index (χ0v) is 16.9. The summed E-state index contributed by atoms with van der Waals surface area (Å²) >= 11 is 0. The van der Waals surface area contributed by atoms with Gasteiger partial charge in [0.15, 0.2) is 5.65 Å². The van der Waals surface area contributed by atoms with E-state index in [1.165, 1.54) is 5.56 Å². The van der Waals surface area contributed by atoms with Gasteiger partial charge < -0.3 is 5.32 Å². The van der Waals surface area contributed by atoms with Crippen molar-refractivity contribution in [2.24, 2.45) is 0 Å². The third-order valence-corrected chi connectivity index (χ3v) is 5.08. The van der Waals surface area contributed by atoms with E-state index in [2.05, 4.69) is 53.5 Å². The van der Waals surface area contributed by atoms with Gasteiger partial charge in [-0.3, -0.25) is 4.79 Å². The molecule has 4 aromatic rings. The monoisotopic (exact) mass is 384 g/mol. The molecule has 146 valence electrons. The van der Waals surface area contributed by atoms with Crippen molar-refractivity contribution < 1.29 is 4.79 Å². The van der Waals surface area contributed by atoms with E-state index in [0.29, 0.717) is 12.1 Å². The van der Waals surface area contributed by atoms with E-state index in [1.807, 2.05) is 41.9 Å². The second-order valence-electron chi connectivity index (χ2n) is 7.30. The summed E-state index contributed by atoms with van der Waals surface area (Å²) in [6.07, 6.45) is 2.59. The van der Waals surface area contributed by atoms with E-state index in [0.717, 1.165) is 40.0 Å². The molecule has 2 aromatic heterocycles. The van der Waals surface area contributed by atoms with Gasteiger partial charge in [0, 0.05) is 11.4 Å². The van der Waals surface area contributed by atoms with Crippen molar-refractivity contribution in [2.45, 2.75) is 33.7 Å². The number of amides is 1. The Balaban J connectivity index is 1.69. The molecule has 1 amide bonds. The molecule has 0 spiro atoms. The van der Waals surface area contributed by atoms with Gasteiger partial charge in [-0.15, -0.1) is 0 Å². The van der Waals surface area contributed by atoms with Crippen molar-refractivity contribution in [3.05, 3.63) is 88.7 Å². The summed E-state index contributed by atoms with van der Waals surface area (Å²) in [4.78, 5) is 17.7. The Kier molecular flexibility index (Phi) is 5.12. The van der Waals surface area contributed by atoms with Crippen LogP contribution >= 0.6 is 0 Å². The number of carbonyl (C=O) groups excluding carboxylic acids is 1. The predicted octanol–water partition coefficient (Wildman–Crippen LogP) is 4.91. The molecule has 0 atom stereocenters. The van der Waals surface area contributed by atoms with Crippen LogP contribution in [0.1, 0.15) is 39.7 Å². The van der Waals surface area contributed by atoms with E-state index < -0.39 is 0 Å². The average molecular weight is 384 g/mol. The zero-order valence-electron chi connectivity index (χ0n) is 16.9. The van der Waals surface area contributed by atoms with Crippen LogP contribution in [0.4, 0.5) is 5.69 Å². The van der Waals surface area contributed by atoms with Gasteiger partial charge in [0.25, 0.3) is 5.91 Å². The largest absolute Gasteiger partial charge is 0.322 e. The first-order valence-corrected chi connectivity index (χ1v) is 9.83. The van der Waals surface area contributed by atoms with Crippen LogP contribution in [0.3, 0.4) is 0 Å². The number of nitrogens with zero attached hydrogens (tertiary/aromatic N) is 3. The Morgan fingerprint density at radius 1 is 1.07 bits per heavy atom. The lowest BCUT2D eigenvalue weighted by Crippen LogP contribution is -2.14. The molecule has 0 bridgehead atoms. The smallest absolute Gasteiger partial charge is 0.256 e. The summed E-state index contributed by atoms with van der Waals surface area (Å²) in [7, 11) is 0. The molecule has 4 rings (SSSR count). The number of aryl methyl sites for hydroxylation is 3. The lowest BCUT2D eigenvalue weighted by molar-refractivity contribution is 0.102. The summed E-state index contributed by atoms with van der Waals surface area (Å²) in [6.45, 7) is 6.66. The number of nitrogens with one attached hydrogen (secondary N) is 1. The van der Waals surface area contributed by atoms with Crippen LogP contribution in [-0.2, 0) is 13.0 Å². The summed E-state index contributed by atoms with van der Waals surface area (Å²) < 4.78 is 1.85. The quantitative estimate of drug-likeness (QED) is 0.532. The molecular formula is C24H24N4O. The van der Waals surface area contributed by atoms with Crippen molar-refractivity contribution >= 4 is 22.6 Å². The van der Waals surface area contributed by atoms with Crippen LogP contribution in [0.15, 0.2) is 60.8 Å². The second-order valence-corrected chi connectivity index (χ2v) is 7.30. The number of fused-ring (bicyclic) bond motifs is 1. The van der Waals surface area contributed by atoms with E-state index in [1.54, 1.807) is 6.20 Å². The van der Waals surface area contributed by atoms with Gasteiger partial charge in [0.05, 0.1) is 23.7 Å². The Morgan fingerprint density at radius 3 is 2.59 bits per heavy atom. The van der Waals surface area contributed by atoms with Gasteiger partial charge in [0.2, 0.25) is 0 Å². The van der Waals surface area contributed by atoms with Crippen molar-refractivity contribution in [1.82, 2.24) is 14.8 Å². The maximum atomic E-state index is 13.1. The number of aromatic nitrogens is 3. The number of pyridine rings is 1. The Morgan fingerprint density at radius 2 is 1.83 bits per heavy atom. The molecule has 29 heavy (non-hydrogen) atoms. The van der Waals surface area contributed by atoms with Gasteiger partial charge in [-0.2, -0.15) is 5.10 Å². The van der Waals surface area contributed by atoms with Crippen LogP contribution in [0.2, 0.25) is 0 Å². The number of para-hydroxylation sites is 1. The number of benzene rings is 2. The molecule has 1 N–H and O–H groups in total. The minimum atomic E-state index is -0.142. The highest BCUT2D eigenvalue weighted by Crippen LogP contribution is 2.22. The molecule has 0 unspecified atom stereocenters. The predicted molar refractivity (Wildman–Crippen MR) is 116 cm³/mol. The molecule has 5 nitrogen and oxygen atoms in total. The molecule has 0 aliphatic rings. The summed E-state index contributed by atoms with van der Waals surface area (Å²) in [5, 5.41) is 8.33. The number of hydrogen-bond acceptors (Lipinski definition) is 3. The third-order valence-electron chi connectivity index (χ3n) is 5.08. The average Bonchev–Trinajstić information content (AvgIpc) is 3.12. The summed E-state index contributed by atoms with van der Waals surface area (Å²) in [5.74, 6) is -0.142. The normalized spacial score (nSPS) is 11.0. The van der Waals surface area contributed by atoms with Gasteiger partial charge in [-0.05, 0) is 43.5 Å². The topological polar surface area (TPSA) is 59.8 Å². The van der Waals surface area contributed by atoms with Gasteiger partial charge in [0.1, 0.15) is 0 Å². The first-order valence-electron chi connectivity index (χ1n) is 9.83. The highest BCUT2D eigenvalue weighted by molar-refractivity contribution is 6.12. The molecule has 2 aromatic carbocycles. The highest BCUT2D eigenvalue weighted by atomic mass is 16.1. The van der Waals surface area contributed by atoms with E-state index in [4.69, 9.17) is 0 Å². The van der Waals surface area contributed by atoms with Crippen LogP contribution < -0.4 is 5.32 Å². The van der Waals surface area contributed by atoms with Crippen molar-refractivity contribution in [3.63, 3.8) is 0 Å². The molecule has 0 saturated heterocycles. The molecule has 5 heteroatoms. The first-order chi connectivity index (χ1) is 14.0. The second kappa shape index (κ2) is 7.87. The standard InChI is InChI=1S/C24H24N4O/c1-4-19-7-5-6-8-22(19)27-24(29)20-13-17(3)26-23-21(20)14-25-28(23)15-18-11-9-16(2)10-12-18/h5-14H,4,15H2,1-3H3,(H,27,29). The van der Waals surface area contributed by atoms with Gasteiger partial charge >= 0.3 is 0 Å². The van der Waals surface area contributed by atoms with Crippen LogP contribution in [0.5, 0.6) is 0 Å². The van der Waals surface area contributed by atoms with Crippen molar-refractivity contribution in [3.8, 4) is 0 Å². The van der Waals surface area contributed by atoms with E-state index >= 15 is 0 Å². The molecule has 0 aliphatic heterocycles. The number of rotatable bonds is 5. The zero-order chi connectivity index (χ0) is 20.4. The lowest BCUT2D eigenvalue weighted by Gasteiger charge is -2.11. The molecule has 2 heterocycles. The van der Waals surface area contributed by atoms with E-state index in [-0.39, 0.29) is 5.91 Å². The molecule has 0 saturated carbocycles. The van der Waals surface area contributed by atoms with E-state index in [9.17, 15) is 4.79 Å². The highest BCUT2D eigenvalue weighted by Gasteiger charge is 2.17. The van der Waals surface area contributed by atoms with Crippen LogP contribution in [0, 0.1) is 13.8 Å². The molecule has 0 fully saturated rings. The summed E-state index contributed by atoms with van der Waals surface area (Å²) in [5.41, 5.74) is 6.42. The third kappa shape index (κ3) is 3.90. The minimum Gasteiger partial charge on any atom is -0.322 e. The van der Waals surface area contributed by atoms with Crippen molar-refractivity contribution in [1.29, 1.82) is 0 Å². The van der Waals surface area contributed by atoms with Crippen molar-refractivity contribution in [2.75, 3.05) is 5.32 Å². The number of anilines is 1. The Hall–Kier alpha value is -3.47. The molecule has 0 aliphatic carbocycles. The Bertz CT molecular complexity index is 1180. The fourth-order valence-electron chi connectivity index (χ4n) is 3.48. The SMILES string of the molecule is CCc1ccccc1NC(=O)c1cc(C)nc2c1cnn2Cc1ccc(C)cc1. The molecular weight excluding hydrogens is 360 g/mol.